The Kier molecular flexibility index (Phi) is 3.58. The highest BCUT2D eigenvalue weighted by atomic mass is 16.2. The van der Waals surface area contributed by atoms with Crippen molar-refractivity contribution in [2.24, 2.45) is 0 Å². The monoisotopic (exact) mass is 308 g/mol. The van der Waals surface area contributed by atoms with Crippen LogP contribution in [0.1, 0.15) is 24.0 Å². The minimum Gasteiger partial charge on any atom is -0.308 e. The lowest BCUT2D eigenvalue weighted by molar-refractivity contribution is -0.117. The average Bonchev–Trinajstić information content (AvgIpc) is 3.14. The van der Waals surface area contributed by atoms with Crippen LogP contribution >= 0.6 is 0 Å². The van der Waals surface area contributed by atoms with Gasteiger partial charge in [-0.3, -0.25) is 9.69 Å². The minimum atomic E-state index is -0.0196. The van der Waals surface area contributed by atoms with Crippen LogP contribution in [-0.4, -0.2) is 40.6 Å². The molecule has 118 valence electrons. The molecule has 1 atom stereocenters. The largest absolute Gasteiger partial charge is 0.308 e. The molecule has 4 rings (SSSR count). The number of nitrogens with one attached hydrogen (secondary N) is 1. The van der Waals surface area contributed by atoms with Crippen LogP contribution in [0.25, 0.3) is 0 Å². The van der Waals surface area contributed by atoms with Crippen molar-refractivity contribution >= 4 is 11.7 Å². The predicted octanol–water partition coefficient (Wildman–Crippen LogP) is 2.00. The second kappa shape index (κ2) is 5.74. The van der Waals surface area contributed by atoms with Gasteiger partial charge in [-0.2, -0.15) is 5.10 Å². The van der Waals surface area contributed by atoms with Crippen LogP contribution in [0.3, 0.4) is 0 Å². The van der Waals surface area contributed by atoms with E-state index in [0.717, 1.165) is 25.9 Å². The maximum absolute atomic E-state index is 12.2. The quantitative estimate of drug-likeness (QED) is 0.942. The number of carbonyl (C=O) groups excluding carboxylic acids is 1. The maximum atomic E-state index is 12.2. The Morgan fingerprint density at radius 2 is 2.13 bits per heavy atom. The molecule has 1 aromatic carbocycles. The highest BCUT2D eigenvalue weighted by Gasteiger charge is 2.43. The Morgan fingerprint density at radius 3 is 3.00 bits per heavy atom. The molecule has 23 heavy (non-hydrogen) atoms. The lowest BCUT2D eigenvalue weighted by Crippen LogP contribution is -2.34. The zero-order valence-electron chi connectivity index (χ0n) is 13.0. The van der Waals surface area contributed by atoms with Gasteiger partial charge in [-0.1, -0.05) is 24.3 Å². The van der Waals surface area contributed by atoms with Gasteiger partial charge in [-0.05, 0) is 49.1 Å². The highest BCUT2D eigenvalue weighted by Crippen LogP contribution is 2.45. The van der Waals surface area contributed by atoms with Gasteiger partial charge in [0.15, 0.2) is 5.82 Å². The Hall–Kier alpha value is -2.27. The van der Waals surface area contributed by atoms with Crippen LogP contribution in [-0.2, 0) is 16.6 Å². The van der Waals surface area contributed by atoms with Gasteiger partial charge in [0.2, 0.25) is 5.91 Å². The van der Waals surface area contributed by atoms with E-state index in [1.165, 1.54) is 17.5 Å². The number of likely N-dealkylation sites (tertiary alicyclic amines) is 1. The molecule has 0 bridgehead atoms. The molecule has 1 aromatic heterocycles. The maximum Gasteiger partial charge on any atom is 0.239 e. The van der Waals surface area contributed by atoms with Crippen molar-refractivity contribution in [3.63, 3.8) is 0 Å². The summed E-state index contributed by atoms with van der Waals surface area (Å²) in [4.78, 5) is 14.5. The first-order valence-corrected chi connectivity index (χ1v) is 8.14. The molecule has 1 N–H and O–H groups in total. The third-order valence-corrected chi connectivity index (χ3v) is 5.10. The summed E-state index contributed by atoms with van der Waals surface area (Å²) in [6.45, 7) is 2.36. The van der Waals surface area contributed by atoms with Crippen molar-refractivity contribution in [1.29, 1.82) is 0 Å². The van der Waals surface area contributed by atoms with E-state index < -0.39 is 0 Å². The molecule has 5 nitrogen and oxygen atoms in total. The lowest BCUT2D eigenvalue weighted by atomic mass is 9.81. The molecular weight excluding hydrogens is 288 g/mol. The first-order valence-electron chi connectivity index (χ1n) is 8.14. The lowest BCUT2D eigenvalue weighted by Gasteiger charge is -2.25. The van der Waals surface area contributed by atoms with Crippen LogP contribution in [0, 0.1) is 0 Å². The van der Waals surface area contributed by atoms with E-state index in [-0.39, 0.29) is 11.3 Å². The molecule has 0 saturated carbocycles. The zero-order chi connectivity index (χ0) is 15.7. The average molecular weight is 308 g/mol. The Labute approximate surface area is 135 Å². The van der Waals surface area contributed by atoms with E-state index in [1.807, 2.05) is 0 Å². The van der Waals surface area contributed by atoms with Crippen molar-refractivity contribution in [2.75, 3.05) is 25.0 Å². The molecule has 1 saturated heterocycles. The highest BCUT2D eigenvalue weighted by molar-refractivity contribution is 5.91. The number of amides is 1. The SMILES string of the molecule is O=C(CN1CC[C@@]2(CCc3ccccc32)C1)Nc1cccnn1. The first-order chi connectivity index (χ1) is 11.3. The van der Waals surface area contributed by atoms with Crippen LogP contribution in [0.2, 0.25) is 0 Å². The Balaban J connectivity index is 1.41. The Bertz CT molecular complexity index is 718. The third-order valence-electron chi connectivity index (χ3n) is 5.10. The molecule has 1 aliphatic carbocycles. The molecule has 2 heterocycles. The first kappa shape index (κ1) is 14.3. The summed E-state index contributed by atoms with van der Waals surface area (Å²) in [5.41, 5.74) is 3.24. The molecule has 1 amide bonds. The van der Waals surface area contributed by atoms with Crippen molar-refractivity contribution < 1.29 is 4.79 Å². The van der Waals surface area contributed by atoms with Crippen LogP contribution in [0.5, 0.6) is 0 Å². The molecule has 2 aromatic rings. The molecule has 5 heteroatoms. The molecule has 1 fully saturated rings. The number of fused-ring (bicyclic) bond motifs is 2. The molecule has 2 aliphatic rings. The van der Waals surface area contributed by atoms with Crippen LogP contribution in [0.15, 0.2) is 42.6 Å². The molecule has 1 spiro atoms. The number of rotatable bonds is 3. The molecule has 0 radical (unpaired) electrons. The molecule has 0 unspecified atom stereocenters. The fourth-order valence-corrected chi connectivity index (χ4v) is 4.04. The summed E-state index contributed by atoms with van der Waals surface area (Å²) in [7, 11) is 0. The van der Waals surface area contributed by atoms with E-state index in [2.05, 4.69) is 44.7 Å². The van der Waals surface area contributed by atoms with Crippen molar-refractivity contribution in [1.82, 2.24) is 15.1 Å². The summed E-state index contributed by atoms with van der Waals surface area (Å²) in [6.07, 6.45) is 5.10. The number of aromatic nitrogens is 2. The number of anilines is 1. The standard InChI is InChI=1S/C18H20N4O/c23-17(20-16-6-3-10-19-21-16)12-22-11-9-18(13-22)8-7-14-4-1-2-5-15(14)18/h1-6,10H,7-9,11-13H2,(H,20,21,23)/t18-/m0/s1. The second-order valence-electron chi connectivity index (χ2n) is 6.56. The van der Waals surface area contributed by atoms with Crippen LogP contribution in [0.4, 0.5) is 5.82 Å². The number of carbonyl (C=O) groups is 1. The van der Waals surface area contributed by atoms with E-state index in [0.29, 0.717) is 12.4 Å². The number of benzene rings is 1. The smallest absolute Gasteiger partial charge is 0.239 e. The number of aryl methyl sites for hydroxylation is 1. The topological polar surface area (TPSA) is 58.1 Å². The summed E-state index contributed by atoms with van der Waals surface area (Å²) in [5, 5.41) is 10.5. The number of hydrogen-bond acceptors (Lipinski definition) is 4. The predicted molar refractivity (Wildman–Crippen MR) is 88.2 cm³/mol. The normalized spacial score (nSPS) is 23.1. The van der Waals surface area contributed by atoms with E-state index in [1.54, 1.807) is 18.3 Å². The zero-order valence-corrected chi connectivity index (χ0v) is 13.0. The summed E-state index contributed by atoms with van der Waals surface area (Å²) in [5.74, 6) is 0.492. The van der Waals surface area contributed by atoms with Gasteiger partial charge in [-0.25, -0.2) is 0 Å². The molecule has 1 aliphatic heterocycles. The van der Waals surface area contributed by atoms with Gasteiger partial charge in [-0.15, -0.1) is 5.10 Å². The summed E-state index contributed by atoms with van der Waals surface area (Å²) < 4.78 is 0. The molecular formula is C18H20N4O. The third kappa shape index (κ3) is 2.72. The minimum absolute atomic E-state index is 0.0196. The van der Waals surface area contributed by atoms with E-state index in [4.69, 9.17) is 0 Å². The van der Waals surface area contributed by atoms with Crippen molar-refractivity contribution in [3.05, 3.63) is 53.7 Å². The van der Waals surface area contributed by atoms with Crippen molar-refractivity contribution in [2.45, 2.75) is 24.7 Å². The van der Waals surface area contributed by atoms with E-state index in [9.17, 15) is 4.79 Å². The summed E-state index contributed by atoms with van der Waals surface area (Å²) >= 11 is 0. The summed E-state index contributed by atoms with van der Waals surface area (Å²) in [6, 6.07) is 12.3. The Morgan fingerprint density at radius 1 is 1.22 bits per heavy atom. The van der Waals surface area contributed by atoms with Crippen LogP contribution < -0.4 is 5.32 Å². The fraction of sp³-hybridized carbons (Fsp3) is 0.389. The number of hydrogen-bond donors (Lipinski definition) is 1. The van der Waals surface area contributed by atoms with Gasteiger partial charge in [0.1, 0.15) is 0 Å². The van der Waals surface area contributed by atoms with Gasteiger partial charge in [0.25, 0.3) is 0 Å². The fourth-order valence-electron chi connectivity index (χ4n) is 4.04. The number of nitrogens with zero attached hydrogens (tertiary/aromatic N) is 3. The van der Waals surface area contributed by atoms with E-state index >= 15 is 0 Å². The second-order valence-corrected chi connectivity index (χ2v) is 6.56. The van der Waals surface area contributed by atoms with Gasteiger partial charge < -0.3 is 5.32 Å². The van der Waals surface area contributed by atoms with Gasteiger partial charge in [0, 0.05) is 18.2 Å². The van der Waals surface area contributed by atoms with Gasteiger partial charge >= 0.3 is 0 Å². The van der Waals surface area contributed by atoms with Crippen molar-refractivity contribution in [3.8, 4) is 0 Å². The van der Waals surface area contributed by atoms with Gasteiger partial charge in [0.05, 0.1) is 6.54 Å².